The number of likely N-dealkylation sites (tertiary alicyclic amines) is 1. The Morgan fingerprint density at radius 1 is 1.06 bits per heavy atom. The van der Waals surface area contributed by atoms with Crippen LogP contribution in [0, 0.1) is 5.92 Å². The fraction of sp³-hybridized carbons (Fsp3) is 0.400. The number of anilines is 1. The maximum absolute atomic E-state index is 11.7. The number of carbonyl (C=O) groups excluding carboxylic acids is 1. The average Bonchev–Trinajstić information content (AvgIpc) is 2.91. The van der Waals surface area contributed by atoms with Gasteiger partial charge in [-0.2, -0.15) is 0 Å². The second-order valence-corrected chi connectivity index (χ2v) is 9.60. The molecule has 1 N–H and O–H groups in total. The van der Waals surface area contributed by atoms with Crippen LogP contribution in [0.1, 0.15) is 43.2 Å². The average molecular weight is 488 g/mol. The van der Waals surface area contributed by atoms with Gasteiger partial charge in [-0.15, -0.1) is 0 Å². The lowest BCUT2D eigenvalue weighted by Crippen LogP contribution is -2.37. The summed E-state index contributed by atoms with van der Waals surface area (Å²) < 4.78 is 10.2. The molecule has 0 radical (unpaired) electrons. The summed E-state index contributed by atoms with van der Waals surface area (Å²) in [4.78, 5) is 18.9. The molecule has 0 amide bonds. The number of hydrogen-bond acceptors (Lipinski definition) is 6. The number of piperidine rings is 1. The molecule has 0 unspecified atom stereocenters. The Hall–Kier alpha value is -3.38. The van der Waals surface area contributed by atoms with E-state index in [0.29, 0.717) is 0 Å². The normalized spacial score (nSPS) is 18.9. The van der Waals surface area contributed by atoms with Crippen LogP contribution >= 0.6 is 0 Å². The lowest BCUT2D eigenvalue weighted by molar-refractivity contribution is -0.147. The van der Waals surface area contributed by atoms with Crippen molar-refractivity contribution in [3.8, 4) is 5.75 Å². The van der Waals surface area contributed by atoms with E-state index >= 15 is 0 Å². The summed E-state index contributed by atoms with van der Waals surface area (Å²) in [6.07, 6.45) is 7.36. The fourth-order valence-electron chi connectivity index (χ4n) is 4.77. The van der Waals surface area contributed by atoms with Gasteiger partial charge >= 0.3 is 5.97 Å². The van der Waals surface area contributed by atoms with Gasteiger partial charge in [0.05, 0.1) is 20.1 Å². The summed E-state index contributed by atoms with van der Waals surface area (Å²) in [5.41, 5.74) is 5.87. The zero-order chi connectivity index (χ0) is 25.3. The van der Waals surface area contributed by atoms with Crippen LogP contribution in [0.25, 0.3) is 5.57 Å². The van der Waals surface area contributed by atoms with Crippen LogP contribution in [0.4, 0.5) is 5.69 Å². The lowest BCUT2D eigenvalue weighted by atomic mass is 9.96. The van der Waals surface area contributed by atoms with Gasteiger partial charge < -0.3 is 19.7 Å². The van der Waals surface area contributed by atoms with Gasteiger partial charge in [0, 0.05) is 24.9 Å². The van der Waals surface area contributed by atoms with Gasteiger partial charge in [0.2, 0.25) is 0 Å². The molecule has 1 fully saturated rings. The van der Waals surface area contributed by atoms with E-state index in [1.54, 1.807) is 7.11 Å². The number of esters is 1. The Kier molecular flexibility index (Phi) is 8.95. The number of carbonyl (C=O) groups is 1. The quantitative estimate of drug-likeness (QED) is 0.400. The van der Waals surface area contributed by atoms with Crippen molar-refractivity contribution >= 4 is 23.1 Å². The number of nitrogens with one attached hydrogen (secondary N) is 1. The molecule has 0 aromatic heterocycles. The predicted molar refractivity (Wildman–Crippen MR) is 146 cm³/mol. The van der Waals surface area contributed by atoms with Gasteiger partial charge in [-0.3, -0.25) is 4.79 Å². The highest BCUT2D eigenvalue weighted by molar-refractivity contribution is 5.97. The van der Waals surface area contributed by atoms with Crippen molar-refractivity contribution in [2.45, 2.75) is 38.5 Å². The Morgan fingerprint density at radius 3 is 2.44 bits per heavy atom. The van der Waals surface area contributed by atoms with E-state index in [-0.39, 0.29) is 11.9 Å². The highest BCUT2D eigenvalue weighted by atomic mass is 16.5. The molecule has 2 aromatic carbocycles. The Morgan fingerprint density at radius 2 is 1.78 bits per heavy atom. The molecule has 1 saturated heterocycles. The molecule has 0 atom stereocenters. The van der Waals surface area contributed by atoms with Gasteiger partial charge in [-0.25, -0.2) is 4.99 Å². The third-order valence-corrected chi connectivity index (χ3v) is 7.08. The van der Waals surface area contributed by atoms with Crippen LogP contribution in [-0.2, 0) is 16.0 Å². The topological polar surface area (TPSA) is 63.2 Å². The van der Waals surface area contributed by atoms with Crippen molar-refractivity contribution in [1.82, 2.24) is 4.90 Å². The summed E-state index contributed by atoms with van der Waals surface area (Å²) in [6.45, 7) is 7.18. The monoisotopic (exact) mass is 487 g/mol. The van der Waals surface area contributed by atoms with Crippen molar-refractivity contribution in [2.24, 2.45) is 10.9 Å². The number of amidine groups is 1. The predicted octanol–water partition coefficient (Wildman–Crippen LogP) is 5.71. The Bertz CT molecular complexity index is 1100. The first-order valence-electron chi connectivity index (χ1n) is 12.8. The minimum Gasteiger partial charge on any atom is -0.497 e. The summed E-state index contributed by atoms with van der Waals surface area (Å²) >= 11 is 0. The number of allylic oxidation sites excluding steroid dienone is 1. The van der Waals surface area contributed by atoms with E-state index in [0.717, 1.165) is 81.0 Å². The van der Waals surface area contributed by atoms with Crippen molar-refractivity contribution < 1.29 is 14.3 Å². The molecule has 0 aliphatic carbocycles. The largest absolute Gasteiger partial charge is 0.497 e. The fourth-order valence-corrected chi connectivity index (χ4v) is 4.77. The third kappa shape index (κ3) is 7.08. The number of aliphatic imine (C=N–C) groups is 1. The van der Waals surface area contributed by atoms with Gasteiger partial charge in [0.1, 0.15) is 11.6 Å². The molecule has 36 heavy (non-hydrogen) atoms. The molecule has 6 heteroatoms. The van der Waals surface area contributed by atoms with Gasteiger partial charge in [-0.1, -0.05) is 36.4 Å². The maximum atomic E-state index is 11.7. The zero-order valence-electron chi connectivity index (χ0n) is 21.5. The molecule has 2 aliphatic rings. The van der Waals surface area contributed by atoms with Crippen molar-refractivity contribution in [3.63, 3.8) is 0 Å². The maximum Gasteiger partial charge on any atom is 0.308 e. The molecule has 2 heterocycles. The first-order chi connectivity index (χ1) is 17.5. The van der Waals surface area contributed by atoms with E-state index in [4.69, 9.17) is 14.5 Å². The molecule has 0 spiro atoms. The van der Waals surface area contributed by atoms with Crippen molar-refractivity contribution in [3.05, 3.63) is 78.0 Å². The molecule has 6 nitrogen and oxygen atoms in total. The first-order valence-corrected chi connectivity index (χ1v) is 12.8. The molecular weight excluding hydrogens is 450 g/mol. The molecule has 2 aliphatic heterocycles. The minimum atomic E-state index is -0.0670. The number of rotatable bonds is 7. The van der Waals surface area contributed by atoms with Crippen LogP contribution in [0.15, 0.2) is 71.9 Å². The van der Waals surface area contributed by atoms with Crippen LogP contribution in [0.2, 0.25) is 0 Å². The smallest absolute Gasteiger partial charge is 0.308 e. The minimum absolute atomic E-state index is 0.0611. The third-order valence-electron chi connectivity index (χ3n) is 7.08. The summed E-state index contributed by atoms with van der Waals surface area (Å²) in [5.74, 6) is 1.76. The number of methoxy groups -OCH3 is 2. The lowest BCUT2D eigenvalue weighted by Gasteiger charge is -2.30. The summed E-state index contributed by atoms with van der Waals surface area (Å²) in [6, 6.07) is 16.7. The number of benzene rings is 2. The Balaban J connectivity index is 1.33. The number of nitrogens with zero attached hydrogens (tertiary/aromatic N) is 2. The highest BCUT2D eigenvalue weighted by Gasteiger charge is 2.25. The second-order valence-electron chi connectivity index (χ2n) is 9.60. The van der Waals surface area contributed by atoms with E-state index in [9.17, 15) is 4.79 Å². The van der Waals surface area contributed by atoms with Crippen LogP contribution in [0.3, 0.4) is 0 Å². The van der Waals surface area contributed by atoms with E-state index in [1.165, 1.54) is 23.8 Å². The van der Waals surface area contributed by atoms with Gasteiger partial charge in [0.15, 0.2) is 0 Å². The summed E-state index contributed by atoms with van der Waals surface area (Å²) in [5, 5.41) is 3.49. The molecule has 2 aromatic rings. The van der Waals surface area contributed by atoms with Crippen LogP contribution < -0.4 is 10.1 Å². The van der Waals surface area contributed by atoms with E-state index < -0.39 is 0 Å². The standard InChI is InChI=1S/C30H37N3O3/c1-22-4-7-26(24-8-12-28(35-2)13-9-24)21-31-29(20-22)32-27-10-5-23(6-11-27)14-17-33-18-15-25(16-19-33)30(34)36-3/h5-6,8-13,21,25H,1,4,7,14-20H2,2-3H3,(H,31,32)/b26-21+. The number of ether oxygens (including phenoxy) is 2. The molecule has 0 saturated carbocycles. The first kappa shape index (κ1) is 25.7. The van der Waals surface area contributed by atoms with Crippen LogP contribution in [-0.4, -0.2) is 50.6 Å². The summed E-state index contributed by atoms with van der Waals surface area (Å²) in [7, 11) is 3.16. The van der Waals surface area contributed by atoms with E-state index in [1.807, 2.05) is 18.3 Å². The van der Waals surface area contributed by atoms with Crippen molar-refractivity contribution in [1.29, 1.82) is 0 Å². The zero-order valence-corrected chi connectivity index (χ0v) is 21.5. The highest BCUT2D eigenvalue weighted by Crippen LogP contribution is 2.27. The molecule has 190 valence electrons. The molecule has 0 bridgehead atoms. The Labute approximate surface area is 214 Å². The molecule has 4 rings (SSSR count). The van der Waals surface area contributed by atoms with Crippen LogP contribution in [0.5, 0.6) is 5.75 Å². The number of hydrogen-bond donors (Lipinski definition) is 1. The SMILES string of the molecule is C=C1CC/C(c2ccc(OC)cc2)=C\N=C(Nc2ccc(CCN3CCC(C(=O)OC)CC3)cc2)C1. The van der Waals surface area contributed by atoms with Crippen molar-refractivity contribution in [2.75, 3.05) is 39.2 Å². The van der Waals surface area contributed by atoms with E-state index in [2.05, 4.69) is 53.2 Å². The van der Waals surface area contributed by atoms with Gasteiger partial charge in [-0.05, 0) is 86.2 Å². The second kappa shape index (κ2) is 12.5. The molecular formula is C30H37N3O3. The van der Waals surface area contributed by atoms with Gasteiger partial charge in [0.25, 0.3) is 0 Å².